The van der Waals surface area contributed by atoms with Crippen molar-refractivity contribution in [3.8, 4) is 0 Å². The Morgan fingerprint density at radius 1 is 1.29 bits per heavy atom. The summed E-state index contributed by atoms with van der Waals surface area (Å²) in [6.07, 6.45) is 1.23. The van der Waals surface area contributed by atoms with E-state index in [4.69, 9.17) is 13.9 Å². The maximum Gasteiger partial charge on any atom is 0.192 e. The molecule has 5 heteroatoms. The monoisotopic (exact) mass is 314 g/mol. The van der Waals surface area contributed by atoms with Crippen LogP contribution in [0.15, 0.2) is 0 Å². The predicted octanol–water partition coefficient (Wildman–Crippen LogP) is 3.51. The molecule has 0 amide bonds. The molecule has 0 spiro atoms. The Morgan fingerprint density at radius 3 is 2.48 bits per heavy atom. The van der Waals surface area contributed by atoms with Crippen LogP contribution >= 0.6 is 0 Å². The zero-order valence-electron chi connectivity index (χ0n) is 14.5. The molecule has 0 aromatic rings. The molecule has 2 aliphatic rings. The number of hydrogen-bond donors (Lipinski definition) is 0. The molecule has 0 aromatic carbocycles. The molecule has 4 nitrogen and oxygen atoms in total. The lowest BCUT2D eigenvalue weighted by molar-refractivity contribution is -0.295. The number of Topliss-reactive ketones (excluding diaryl/α,β-unsaturated/α-hetero) is 1. The molecule has 21 heavy (non-hydrogen) atoms. The van der Waals surface area contributed by atoms with Gasteiger partial charge >= 0.3 is 0 Å². The third kappa shape index (κ3) is 3.75. The van der Waals surface area contributed by atoms with Crippen LogP contribution in [0.2, 0.25) is 18.1 Å². The molecule has 1 heterocycles. The van der Waals surface area contributed by atoms with Crippen molar-refractivity contribution in [3.63, 3.8) is 0 Å². The maximum absolute atomic E-state index is 12.4. The molecule has 0 unspecified atom stereocenters. The van der Waals surface area contributed by atoms with Gasteiger partial charge in [0, 0.05) is 6.42 Å². The van der Waals surface area contributed by atoms with E-state index < -0.39 is 14.1 Å². The summed E-state index contributed by atoms with van der Waals surface area (Å²) in [5.41, 5.74) is 0. The first-order valence-corrected chi connectivity index (χ1v) is 10.8. The molecule has 0 aromatic heterocycles. The molecule has 1 aliphatic heterocycles. The lowest BCUT2D eigenvalue weighted by Gasteiger charge is -2.46. The van der Waals surface area contributed by atoms with Gasteiger partial charge in [0.1, 0.15) is 5.78 Å². The van der Waals surface area contributed by atoms with Crippen molar-refractivity contribution in [2.45, 2.75) is 83.6 Å². The van der Waals surface area contributed by atoms with Gasteiger partial charge in [-0.2, -0.15) is 0 Å². The Morgan fingerprint density at radius 2 is 1.90 bits per heavy atom. The second kappa shape index (κ2) is 5.44. The Balaban J connectivity index is 2.06. The van der Waals surface area contributed by atoms with E-state index >= 15 is 0 Å². The van der Waals surface area contributed by atoms with Crippen molar-refractivity contribution in [3.05, 3.63) is 0 Å². The van der Waals surface area contributed by atoms with Crippen molar-refractivity contribution in [2.24, 2.45) is 5.92 Å². The number of hydrogen-bond acceptors (Lipinski definition) is 4. The molecule has 1 saturated carbocycles. The van der Waals surface area contributed by atoms with Gasteiger partial charge in [0.25, 0.3) is 0 Å². The summed E-state index contributed by atoms with van der Waals surface area (Å²) in [6.45, 7) is 15.4. The van der Waals surface area contributed by atoms with E-state index in [9.17, 15) is 4.79 Å². The van der Waals surface area contributed by atoms with E-state index in [1.807, 2.05) is 13.8 Å². The van der Waals surface area contributed by atoms with Gasteiger partial charge in [-0.05, 0) is 38.4 Å². The van der Waals surface area contributed by atoms with E-state index in [1.165, 1.54) is 0 Å². The molecule has 0 N–H and O–H groups in total. The topological polar surface area (TPSA) is 44.8 Å². The summed E-state index contributed by atoms with van der Waals surface area (Å²) in [5, 5.41) is 0.155. The number of rotatable bonds is 2. The number of carbonyl (C=O) groups is 1. The van der Waals surface area contributed by atoms with Crippen molar-refractivity contribution in [2.75, 3.05) is 6.61 Å². The molecule has 3 atom stereocenters. The van der Waals surface area contributed by atoms with Gasteiger partial charge in [0.2, 0.25) is 0 Å². The molecule has 1 aliphatic carbocycles. The SMILES string of the molecule is CC1(C)OC[C@H]2C(=O)C[C@@H](O[Si](C)(C)C(C)(C)C)C[C@@H]2O1. The third-order valence-electron chi connectivity index (χ3n) is 5.10. The van der Waals surface area contributed by atoms with Crippen LogP contribution in [-0.4, -0.2) is 38.7 Å². The average molecular weight is 314 g/mol. The van der Waals surface area contributed by atoms with Gasteiger partial charge in [-0.1, -0.05) is 20.8 Å². The molecule has 1 saturated heterocycles. The van der Waals surface area contributed by atoms with Crippen molar-refractivity contribution >= 4 is 14.1 Å². The van der Waals surface area contributed by atoms with E-state index in [0.29, 0.717) is 13.0 Å². The average Bonchev–Trinajstić information content (AvgIpc) is 2.24. The second-order valence-corrected chi connectivity index (χ2v) is 13.1. The Labute approximate surface area is 129 Å². The predicted molar refractivity (Wildman–Crippen MR) is 84.7 cm³/mol. The number of ether oxygens (including phenoxy) is 2. The highest BCUT2D eigenvalue weighted by molar-refractivity contribution is 6.74. The normalized spacial score (nSPS) is 33.7. The molecule has 2 fully saturated rings. The van der Waals surface area contributed by atoms with Gasteiger partial charge in [-0.15, -0.1) is 0 Å². The smallest absolute Gasteiger partial charge is 0.192 e. The van der Waals surface area contributed by atoms with Crippen LogP contribution in [0.25, 0.3) is 0 Å². The molecular weight excluding hydrogens is 284 g/mol. The zero-order chi connectivity index (χ0) is 16.1. The third-order valence-corrected chi connectivity index (χ3v) is 9.63. The lowest BCUT2D eigenvalue weighted by Crippen LogP contribution is -2.55. The molecule has 2 rings (SSSR count). The highest BCUT2D eigenvalue weighted by atomic mass is 28.4. The Kier molecular flexibility index (Phi) is 4.44. The number of ketones is 1. The van der Waals surface area contributed by atoms with Crippen LogP contribution in [0.1, 0.15) is 47.5 Å². The summed E-state index contributed by atoms with van der Waals surface area (Å²) in [5.74, 6) is -0.483. The minimum Gasteiger partial charge on any atom is -0.413 e. The van der Waals surface area contributed by atoms with Gasteiger partial charge in [-0.3, -0.25) is 4.79 Å². The number of carbonyl (C=O) groups excluding carboxylic acids is 1. The van der Waals surface area contributed by atoms with E-state index in [2.05, 4.69) is 33.9 Å². The van der Waals surface area contributed by atoms with Crippen molar-refractivity contribution < 1.29 is 18.7 Å². The molecule has 122 valence electrons. The number of fused-ring (bicyclic) bond motifs is 1. The Bertz CT molecular complexity index is 411. The Hall–Kier alpha value is -0.233. The summed E-state index contributed by atoms with van der Waals surface area (Å²) in [7, 11) is -1.85. The summed E-state index contributed by atoms with van der Waals surface area (Å²) >= 11 is 0. The first-order valence-electron chi connectivity index (χ1n) is 7.94. The lowest BCUT2D eigenvalue weighted by atomic mass is 9.83. The molecule has 0 radical (unpaired) electrons. The van der Waals surface area contributed by atoms with E-state index in [0.717, 1.165) is 6.42 Å². The standard InChI is InChI=1S/C16H30O4Si/c1-15(2,3)21(6,7)20-11-8-13(17)12-10-18-16(4,5)19-14(12)9-11/h11-12,14H,8-10H2,1-7H3/t11-,12+,14+/m1/s1. The van der Waals surface area contributed by atoms with Gasteiger partial charge in [0.15, 0.2) is 14.1 Å². The molecular formula is C16H30O4Si. The van der Waals surface area contributed by atoms with Crippen LogP contribution in [0.4, 0.5) is 0 Å². The highest BCUT2D eigenvalue weighted by Gasteiger charge is 2.47. The van der Waals surface area contributed by atoms with Gasteiger partial charge in [0.05, 0.1) is 24.7 Å². The van der Waals surface area contributed by atoms with Crippen LogP contribution in [0, 0.1) is 5.92 Å². The summed E-state index contributed by atoms with van der Waals surface area (Å²) < 4.78 is 18.0. The minimum absolute atomic E-state index is 0.00598. The maximum atomic E-state index is 12.4. The summed E-state index contributed by atoms with van der Waals surface area (Å²) in [4.78, 5) is 12.4. The second-order valence-electron chi connectivity index (χ2n) is 8.38. The summed E-state index contributed by atoms with van der Waals surface area (Å²) in [6, 6.07) is 0. The fourth-order valence-electron chi connectivity index (χ4n) is 2.79. The van der Waals surface area contributed by atoms with Crippen molar-refractivity contribution in [1.82, 2.24) is 0 Å². The first-order chi connectivity index (χ1) is 9.41. The van der Waals surface area contributed by atoms with Crippen LogP contribution < -0.4 is 0 Å². The quantitative estimate of drug-likeness (QED) is 0.732. The first kappa shape index (κ1) is 17.1. The fourth-order valence-corrected chi connectivity index (χ4v) is 4.16. The fraction of sp³-hybridized carbons (Fsp3) is 0.938. The molecule has 0 bridgehead atoms. The van der Waals surface area contributed by atoms with E-state index in [1.54, 1.807) is 0 Å². The van der Waals surface area contributed by atoms with E-state index in [-0.39, 0.29) is 28.9 Å². The van der Waals surface area contributed by atoms with Crippen LogP contribution in [0.5, 0.6) is 0 Å². The largest absolute Gasteiger partial charge is 0.413 e. The zero-order valence-corrected chi connectivity index (χ0v) is 15.5. The minimum atomic E-state index is -1.85. The van der Waals surface area contributed by atoms with Crippen molar-refractivity contribution in [1.29, 1.82) is 0 Å². The highest BCUT2D eigenvalue weighted by Crippen LogP contribution is 2.41. The van der Waals surface area contributed by atoms with Crippen LogP contribution in [-0.2, 0) is 18.7 Å². The van der Waals surface area contributed by atoms with Gasteiger partial charge in [-0.25, -0.2) is 0 Å². The van der Waals surface area contributed by atoms with Crippen LogP contribution in [0.3, 0.4) is 0 Å². The van der Waals surface area contributed by atoms with Gasteiger partial charge < -0.3 is 13.9 Å².